The summed E-state index contributed by atoms with van der Waals surface area (Å²) in [7, 11) is 0. The Morgan fingerprint density at radius 3 is 2.44 bits per heavy atom. The Labute approximate surface area is 247 Å². The second-order valence-corrected chi connectivity index (χ2v) is 9.62. The number of carbonyl (C=O) groups is 1. The third-order valence-electron chi connectivity index (χ3n) is 6.73. The molecule has 0 unspecified atom stereocenters. The van der Waals surface area contributed by atoms with Crippen molar-refractivity contribution in [1.82, 2.24) is 14.4 Å². The number of pyridine rings is 2. The number of nitrogens with one attached hydrogen (secondary N) is 1. The molecule has 43 heavy (non-hydrogen) atoms. The van der Waals surface area contributed by atoms with Gasteiger partial charge in [-0.3, -0.25) is 9.38 Å². The Kier molecular flexibility index (Phi) is 7.56. The molecule has 3 aromatic carbocycles. The molecule has 0 atom stereocenters. The number of hydrogen-bond donors (Lipinski definition) is 2. The van der Waals surface area contributed by atoms with E-state index in [1.54, 1.807) is 42.7 Å². The van der Waals surface area contributed by atoms with E-state index in [9.17, 15) is 9.90 Å². The van der Waals surface area contributed by atoms with Gasteiger partial charge in [0, 0.05) is 34.8 Å². The summed E-state index contributed by atoms with van der Waals surface area (Å²) in [5.41, 5.74) is 7.40. The number of rotatable bonds is 9. The van der Waals surface area contributed by atoms with Crippen molar-refractivity contribution in [1.29, 1.82) is 5.26 Å². The lowest BCUT2D eigenvalue weighted by Gasteiger charge is -2.10. The third kappa shape index (κ3) is 6.09. The van der Waals surface area contributed by atoms with Crippen molar-refractivity contribution in [2.75, 3.05) is 5.32 Å². The lowest BCUT2D eigenvalue weighted by Crippen LogP contribution is -2.00. The van der Waals surface area contributed by atoms with E-state index >= 15 is 0 Å². The number of hydrogen-bond acceptors (Lipinski definition) is 7. The summed E-state index contributed by atoms with van der Waals surface area (Å²) in [5.74, 6) is -0.234. The topological polar surface area (TPSA) is 125 Å². The van der Waals surface area contributed by atoms with Crippen LogP contribution in [-0.4, -0.2) is 31.7 Å². The van der Waals surface area contributed by atoms with Crippen LogP contribution in [0.3, 0.4) is 0 Å². The molecular formula is C34H24N6O3. The molecule has 0 radical (unpaired) electrons. The van der Waals surface area contributed by atoms with Crippen molar-refractivity contribution in [2.24, 2.45) is 5.16 Å². The summed E-state index contributed by atoms with van der Waals surface area (Å²) < 4.78 is 1.95. The fourth-order valence-corrected chi connectivity index (χ4v) is 4.50. The van der Waals surface area contributed by atoms with Crippen molar-refractivity contribution >= 4 is 29.3 Å². The molecule has 0 spiro atoms. The number of carboxylic acid groups (broad SMARTS) is 1. The molecule has 0 amide bonds. The minimum Gasteiger partial charge on any atom is -0.478 e. The first-order valence-electron chi connectivity index (χ1n) is 13.4. The minimum atomic E-state index is -0.976. The van der Waals surface area contributed by atoms with Crippen LogP contribution in [0.2, 0.25) is 0 Å². The highest BCUT2D eigenvalue weighted by molar-refractivity contribution is 5.88. The standard InChI is InChI=1S/C34H24N6O3/c35-18-24-8-16-30(36-19-24)26-10-6-23(7-11-26)20-37-43-22-25-9-17-31-39-32(27-4-2-1-3-5-27)33(40(31)21-25)38-29-14-12-28(13-15-29)34(41)42/h1-17,19-21,38H,22H2,(H,41,42)/b37-20+. The predicted octanol–water partition coefficient (Wildman–Crippen LogP) is 6.93. The van der Waals surface area contributed by atoms with Gasteiger partial charge >= 0.3 is 5.97 Å². The Morgan fingerprint density at radius 1 is 0.953 bits per heavy atom. The molecule has 208 valence electrons. The van der Waals surface area contributed by atoms with Gasteiger partial charge in [0.05, 0.1) is 23.0 Å². The Morgan fingerprint density at radius 2 is 1.74 bits per heavy atom. The minimum absolute atomic E-state index is 0.214. The third-order valence-corrected chi connectivity index (χ3v) is 6.73. The van der Waals surface area contributed by atoms with Gasteiger partial charge in [-0.25, -0.2) is 9.78 Å². The van der Waals surface area contributed by atoms with Gasteiger partial charge < -0.3 is 15.3 Å². The number of aromatic nitrogens is 3. The van der Waals surface area contributed by atoms with Gasteiger partial charge in [0.15, 0.2) is 0 Å². The molecule has 0 bridgehead atoms. The molecule has 9 nitrogen and oxygen atoms in total. The number of anilines is 2. The van der Waals surface area contributed by atoms with Crippen LogP contribution in [0.15, 0.2) is 121 Å². The number of imidazole rings is 1. The zero-order chi connectivity index (χ0) is 29.6. The molecule has 0 aliphatic heterocycles. The Hall–Kier alpha value is -6.27. The molecule has 0 saturated heterocycles. The van der Waals surface area contributed by atoms with Crippen LogP contribution in [0, 0.1) is 11.3 Å². The second-order valence-electron chi connectivity index (χ2n) is 9.62. The van der Waals surface area contributed by atoms with E-state index < -0.39 is 5.97 Å². The fraction of sp³-hybridized carbons (Fsp3) is 0.0294. The van der Waals surface area contributed by atoms with E-state index in [4.69, 9.17) is 15.1 Å². The maximum absolute atomic E-state index is 11.3. The lowest BCUT2D eigenvalue weighted by molar-refractivity contribution is 0.0697. The maximum Gasteiger partial charge on any atom is 0.335 e. The largest absolute Gasteiger partial charge is 0.478 e. The molecule has 3 heterocycles. The predicted molar refractivity (Wildman–Crippen MR) is 164 cm³/mol. The molecule has 3 aromatic heterocycles. The highest BCUT2D eigenvalue weighted by Gasteiger charge is 2.15. The van der Waals surface area contributed by atoms with Gasteiger partial charge in [0.25, 0.3) is 0 Å². The number of oxime groups is 1. The number of nitrogens with zero attached hydrogens (tertiary/aromatic N) is 5. The van der Waals surface area contributed by atoms with E-state index in [-0.39, 0.29) is 12.2 Å². The summed E-state index contributed by atoms with van der Waals surface area (Å²) in [6.45, 7) is 0.241. The number of nitriles is 1. The number of fused-ring (bicyclic) bond motifs is 1. The van der Waals surface area contributed by atoms with Gasteiger partial charge in [-0.15, -0.1) is 0 Å². The van der Waals surface area contributed by atoms with E-state index in [2.05, 4.69) is 21.5 Å². The van der Waals surface area contributed by atoms with Crippen LogP contribution in [0.1, 0.15) is 27.0 Å². The Bertz CT molecular complexity index is 1960. The summed E-state index contributed by atoms with van der Waals surface area (Å²) in [6.07, 6.45) is 5.14. The number of aromatic carboxylic acids is 1. The van der Waals surface area contributed by atoms with Crippen LogP contribution in [0.5, 0.6) is 0 Å². The van der Waals surface area contributed by atoms with Crippen molar-refractivity contribution in [3.05, 3.63) is 138 Å². The van der Waals surface area contributed by atoms with Gasteiger partial charge in [0.2, 0.25) is 0 Å². The van der Waals surface area contributed by atoms with Gasteiger partial charge in [0.1, 0.15) is 29.8 Å². The van der Waals surface area contributed by atoms with E-state index in [1.165, 1.54) is 0 Å². The molecule has 6 aromatic rings. The highest BCUT2D eigenvalue weighted by Crippen LogP contribution is 2.31. The van der Waals surface area contributed by atoms with Crippen LogP contribution in [0.25, 0.3) is 28.2 Å². The van der Waals surface area contributed by atoms with E-state index in [0.717, 1.165) is 50.8 Å². The smallest absolute Gasteiger partial charge is 0.335 e. The van der Waals surface area contributed by atoms with Crippen molar-refractivity contribution in [2.45, 2.75) is 6.61 Å². The van der Waals surface area contributed by atoms with Crippen molar-refractivity contribution in [3.63, 3.8) is 0 Å². The highest BCUT2D eigenvalue weighted by atomic mass is 16.6. The van der Waals surface area contributed by atoms with Crippen LogP contribution in [0.4, 0.5) is 11.5 Å². The van der Waals surface area contributed by atoms with Crippen LogP contribution in [-0.2, 0) is 11.4 Å². The average Bonchev–Trinajstić information content (AvgIpc) is 3.41. The molecule has 6 rings (SSSR count). The average molecular weight is 565 g/mol. The summed E-state index contributed by atoms with van der Waals surface area (Å²) in [5, 5.41) is 25.8. The van der Waals surface area contributed by atoms with Crippen LogP contribution < -0.4 is 5.32 Å². The molecule has 0 saturated carbocycles. The maximum atomic E-state index is 11.3. The van der Waals surface area contributed by atoms with Crippen LogP contribution >= 0.6 is 0 Å². The number of benzene rings is 3. The monoisotopic (exact) mass is 564 g/mol. The van der Waals surface area contributed by atoms with E-state index in [0.29, 0.717) is 5.56 Å². The van der Waals surface area contributed by atoms with Gasteiger partial charge in [-0.2, -0.15) is 5.26 Å². The Balaban J connectivity index is 1.19. The van der Waals surface area contributed by atoms with Crippen molar-refractivity contribution < 1.29 is 14.7 Å². The fourth-order valence-electron chi connectivity index (χ4n) is 4.50. The molecule has 9 heteroatoms. The summed E-state index contributed by atoms with van der Waals surface area (Å²) in [4.78, 5) is 26.1. The molecule has 0 aliphatic carbocycles. The van der Waals surface area contributed by atoms with Gasteiger partial charge in [-0.1, -0.05) is 65.8 Å². The molecule has 0 aliphatic rings. The second kappa shape index (κ2) is 12.1. The molecular weight excluding hydrogens is 540 g/mol. The van der Waals surface area contributed by atoms with Gasteiger partial charge in [-0.05, 0) is 48.0 Å². The molecule has 0 fully saturated rings. The zero-order valence-electron chi connectivity index (χ0n) is 22.8. The summed E-state index contributed by atoms with van der Waals surface area (Å²) >= 11 is 0. The SMILES string of the molecule is N#Cc1ccc(-c2ccc(/C=N/OCc3ccc4nc(-c5ccccc5)c(Nc5ccc(C(=O)O)cc5)n4c3)cc2)nc1. The lowest BCUT2D eigenvalue weighted by atomic mass is 10.1. The number of carboxylic acids is 1. The first-order chi connectivity index (χ1) is 21.1. The van der Waals surface area contributed by atoms with Crippen molar-refractivity contribution in [3.8, 4) is 28.6 Å². The normalized spacial score (nSPS) is 11.0. The quantitative estimate of drug-likeness (QED) is 0.144. The zero-order valence-corrected chi connectivity index (χ0v) is 22.8. The molecule has 2 N–H and O–H groups in total. The first kappa shape index (κ1) is 26.9. The summed E-state index contributed by atoms with van der Waals surface area (Å²) in [6, 6.07) is 33.7. The van der Waals surface area contributed by atoms with E-state index in [1.807, 2.05) is 83.4 Å². The first-order valence-corrected chi connectivity index (χ1v) is 13.4.